The lowest BCUT2D eigenvalue weighted by atomic mass is 11.4. The maximum Gasteiger partial charge on any atom is 0.294 e. The smallest absolute Gasteiger partial charge is 0.294 e. The molecule has 0 unspecified atom stereocenters. The van der Waals surface area contributed by atoms with Crippen LogP contribution in [0.1, 0.15) is 0 Å². The van der Waals surface area contributed by atoms with Gasteiger partial charge in [-0.2, -0.15) is 10.9 Å². The van der Waals surface area contributed by atoms with Crippen LogP contribution in [0.4, 0.5) is 0 Å². The summed E-state index contributed by atoms with van der Waals surface area (Å²) in [7, 11) is 3.52. The number of hydrogen-bond acceptors (Lipinski definition) is 2. The summed E-state index contributed by atoms with van der Waals surface area (Å²) in [5, 5.41) is 0. The lowest BCUT2D eigenvalue weighted by molar-refractivity contribution is -0.628. The Labute approximate surface area is 60.1 Å². The van der Waals surface area contributed by atoms with Gasteiger partial charge in [0.25, 0.3) is 5.67 Å². The summed E-state index contributed by atoms with van der Waals surface area (Å²) < 4.78 is 0. The van der Waals surface area contributed by atoms with Crippen molar-refractivity contribution < 1.29 is 17.2 Å². The van der Waals surface area contributed by atoms with Crippen LogP contribution in [0.15, 0.2) is 0 Å². The Morgan fingerprint density at radius 3 is 1.75 bits per heavy atom. The van der Waals surface area contributed by atoms with E-state index in [9.17, 15) is 0 Å². The van der Waals surface area contributed by atoms with Crippen LogP contribution in [0, 0.1) is 0 Å². The summed E-state index contributed by atoms with van der Waals surface area (Å²) in [6.07, 6.45) is 0. The Bertz CT molecular complexity index is 66.9. The number of halogens is 2. The minimum absolute atomic E-state index is 0. The molecule has 0 heterocycles. The van der Waals surface area contributed by atoms with Gasteiger partial charge in [0.2, 0.25) is 0 Å². The van der Waals surface area contributed by atoms with E-state index in [4.69, 9.17) is 11.6 Å². The molecule has 0 aliphatic rings. The molecule has 3 nitrogen and oxygen atoms in total. The molecule has 0 spiro atoms. The number of hydrazine groups is 2. The van der Waals surface area contributed by atoms with Gasteiger partial charge in [0.05, 0.1) is 14.1 Å². The number of nitrogens with zero attached hydrogens (tertiary/aromatic N) is 1. The third-order valence-electron chi connectivity index (χ3n) is 0.579. The quantitative estimate of drug-likeness (QED) is 0.248. The van der Waals surface area contributed by atoms with Gasteiger partial charge in [-0.25, -0.2) is 0 Å². The lowest BCUT2D eigenvalue weighted by Gasteiger charge is -1.91. The van der Waals surface area contributed by atoms with E-state index in [2.05, 4.69) is 10.9 Å². The summed E-state index contributed by atoms with van der Waals surface area (Å²) in [6, 6.07) is 0. The zero-order valence-corrected chi connectivity index (χ0v) is 6.29. The fourth-order valence-corrected chi connectivity index (χ4v) is 0.405. The Morgan fingerprint density at radius 1 is 1.38 bits per heavy atom. The standard InChI is InChI=1S/C3H9ClN3.ClH/c1-5-7(3-4)6-2;/h3,5-6H,1-2H3;1H/q+1;/p-1. The van der Waals surface area contributed by atoms with Crippen LogP contribution in [-0.2, 0) is 0 Å². The van der Waals surface area contributed by atoms with Gasteiger partial charge in [-0.05, 0) is 11.6 Å². The number of rotatable bonds is 2. The molecule has 2 N–H and O–H groups in total. The molecule has 0 saturated carbocycles. The van der Waals surface area contributed by atoms with E-state index in [1.54, 1.807) is 14.1 Å². The molecular formula is C3H9Cl2N3. The number of hydrogen-bond donors (Lipinski definition) is 2. The van der Waals surface area contributed by atoms with Crippen molar-refractivity contribution in [3.63, 3.8) is 0 Å². The first kappa shape index (κ1) is 10.8. The maximum absolute atomic E-state index is 5.24. The van der Waals surface area contributed by atoms with E-state index in [1.807, 2.05) is 0 Å². The van der Waals surface area contributed by atoms with E-state index >= 15 is 0 Å². The van der Waals surface area contributed by atoms with Crippen molar-refractivity contribution in [3.05, 3.63) is 0 Å². The first-order valence-electron chi connectivity index (χ1n) is 1.92. The average Bonchev–Trinajstić information content (AvgIpc) is 1.72. The molecule has 50 valence electrons. The predicted molar refractivity (Wildman–Crippen MR) is 30.3 cm³/mol. The van der Waals surface area contributed by atoms with E-state index in [0.29, 0.717) is 0 Å². The SMILES string of the molecule is CN[N+](=CCl)NC.[Cl-]. The number of nitrogens with one attached hydrogen (secondary N) is 2. The Kier molecular flexibility index (Phi) is 9.22. The van der Waals surface area contributed by atoms with Crippen LogP contribution < -0.4 is 23.3 Å². The minimum atomic E-state index is 0. The van der Waals surface area contributed by atoms with Crippen LogP contribution in [0.3, 0.4) is 0 Å². The van der Waals surface area contributed by atoms with Crippen LogP contribution in [-0.4, -0.2) is 24.6 Å². The highest BCUT2D eigenvalue weighted by Gasteiger charge is 1.86. The molecule has 5 heteroatoms. The molecule has 0 rings (SSSR count). The van der Waals surface area contributed by atoms with E-state index in [-0.39, 0.29) is 12.4 Å². The summed E-state index contributed by atoms with van der Waals surface area (Å²) in [6.45, 7) is 0. The summed E-state index contributed by atoms with van der Waals surface area (Å²) in [4.78, 5) is 1.52. The molecule has 8 heavy (non-hydrogen) atoms. The highest BCUT2D eigenvalue weighted by atomic mass is 35.5. The average molecular weight is 158 g/mol. The second-order valence-electron chi connectivity index (χ2n) is 0.915. The minimum Gasteiger partial charge on any atom is -1.00 e. The molecule has 0 aromatic heterocycles. The fraction of sp³-hybridized carbons (Fsp3) is 0.667. The molecule has 0 fully saturated rings. The molecule has 0 atom stereocenters. The molecular weight excluding hydrogens is 149 g/mol. The van der Waals surface area contributed by atoms with Crippen molar-refractivity contribution in [3.8, 4) is 0 Å². The van der Waals surface area contributed by atoms with Gasteiger partial charge < -0.3 is 12.4 Å². The zero-order valence-electron chi connectivity index (χ0n) is 4.78. The van der Waals surface area contributed by atoms with E-state index in [0.717, 1.165) is 0 Å². The largest absolute Gasteiger partial charge is 1.00 e. The molecule has 0 aliphatic carbocycles. The number of hydrazone groups is 2. The fourth-order valence-electron chi connectivity index (χ4n) is 0.209. The van der Waals surface area contributed by atoms with E-state index in [1.165, 1.54) is 10.5 Å². The topological polar surface area (TPSA) is 27.1 Å². The molecule has 0 aromatic rings. The van der Waals surface area contributed by atoms with Gasteiger partial charge in [-0.15, -0.1) is 0 Å². The third-order valence-corrected chi connectivity index (χ3v) is 0.775. The summed E-state index contributed by atoms with van der Waals surface area (Å²) in [5.74, 6) is 0. The van der Waals surface area contributed by atoms with Gasteiger partial charge >= 0.3 is 0 Å². The Hall–Kier alpha value is -0.150. The Morgan fingerprint density at radius 2 is 1.75 bits per heavy atom. The van der Waals surface area contributed by atoms with E-state index < -0.39 is 0 Å². The van der Waals surface area contributed by atoms with Gasteiger partial charge in [0.15, 0.2) is 0 Å². The van der Waals surface area contributed by atoms with Crippen LogP contribution in [0.5, 0.6) is 0 Å². The molecule has 0 amide bonds. The monoisotopic (exact) mass is 157 g/mol. The maximum atomic E-state index is 5.24. The highest BCUT2D eigenvalue weighted by molar-refractivity contribution is 6.54. The third kappa shape index (κ3) is 4.02. The van der Waals surface area contributed by atoms with Crippen LogP contribution >= 0.6 is 11.6 Å². The second-order valence-corrected chi connectivity index (χ2v) is 1.11. The van der Waals surface area contributed by atoms with Gasteiger partial charge in [-0.3, -0.25) is 0 Å². The first-order chi connectivity index (χ1) is 3.35. The Balaban J connectivity index is 0. The van der Waals surface area contributed by atoms with Crippen molar-refractivity contribution in [1.82, 2.24) is 10.9 Å². The van der Waals surface area contributed by atoms with Gasteiger partial charge in [0.1, 0.15) is 0 Å². The molecule has 0 radical (unpaired) electrons. The predicted octanol–water partition coefficient (Wildman–Crippen LogP) is -3.46. The molecule has 0 bridgehead atoms. The van der Waals surface area contributed by atoms with Gasteiger partial charge in [-0.1, -0.05) is 0 Å². The van der Waals surface area contributed by atoms with Crippen LogP contribution in [0.2, 0.25) is 0 Å². The van der Waals surface area contributed by atoms with Crippen molar-refractivity contribution in [1.29, 1.82) is 0 Å². The lowest BCUT2D eigenvalue weighted by Crippen LogP contribution is -3.00. The van der Waals surface area contributed by atoms with Crippen LogP contribution in [0.25, 0.3) is 0 Å². The molecule has 0 aliphatic heterocycles. The summed E-state index contributed by atoms with van der Waals surface area (Å²) >= 11 is 5.24. The second kappa shape index (κ2) is 6.85. The van der Waals surface area contributed by atoms with Crippen molar-refractivity contribution in [2.45, 2.75) is 0 Å². The molecule has 0 aromatic carbocycles. The summed E-state index contributed by atoms with van der Waals surface area (Å²) in [5.41, 5.74) is 6.83. The highest BCUT2D eigenvalue weighted by Crippen LogP contribution is 1.56. The van der Waals surface area contributed by atoms with Gasteiger partial charge in [0, 0.05) is 4.79 Å². The van der Waals surface area contributed by atoms with Crippen molar-refractivity contribution in [2.24, 2.45) is 0 Å². The zero-order chi connectivity index (χ0) is 5.70. The molecule has 0 saturated heterocycles. The van der Waals surface area contributed by atoms with Crippen molar-refractivity contribution in [2.75, 3.05) is 14.1 Å². The first-order valence-corrected chi connectivity index (χ1v) is 2.36. The van der Waals surface area contributed by atoms with Crippen molar-refractivity contribution >= 4 is 17.3 Å². The normalized spacial score (nSPS) is 6.38.